The molecule has 0 unspecified atom stereocenters. The van der Waals surface area contributed by atoms with Gasteiger partial charge in [-0.05, 0) is 37.3 Å². The van der Waals surface area contributed by atoms with Gasteiger partial charge in [0.2, 0.25) is 0 Å². The Morgan fingerprint density at radius 1 is 1.00 bits per heavy atom. The minimum absolute atomic E-state index is 0.0356. The molecule has 0 spiro atoms. The third-order valence-corrected chi connectivity index (χ3v) is 4.52. The Balaban J connectivity index is 1.65. The first-order valence-electron chi connectivity index (χ1n) is 8.17. The quantitative estimate of drug-likeness (QED) is 0.905. The number of hydrogen-bond acceptors (Lipinski definition) is 3. The van der Waals surface area contributed by atoms with Crippen LogP contribution < -0.4 is 5.32 Å². The van der Waals surface area contributed by atoms with Crippen molar-refractivity contribution in [1.82, 2.24) is 10.3 Å². The lowest BCUT2D eigenvalue weighted by Gasteiger charge is -2.26. The second kappa shape index (κ2) is 7.25. The van der Waals surface area contributed by atoms with Gasteiger partial charge in [-0.1, -0.05) is 30.3 Å². The molecule has 0 atom stereocenters. The zero-order valence-electron chi connectivity index (χ0n) is 13.3. The zero-order valence-corrected chi connectivity index (χ0v) is 13.3. The number of rotatable bonds is 4. The molecule has 3 rings (SSSR count). The molecule has 24 heavy (non-hydrogen) atoms. The summed E-state index contributed by atoms with van der Waals surface area (Å²) in [6, 6.07) is 11.7. The molecule has 2 aromatic rings. The normalized spacial score (nSPS) is 20.3. The number of pyridine rings is 1. The summed E-state index contributed by atoms with van der Waals surface area (Å²) in [5.41, 5.74) is 2.44. The number of amides is 1. The second-order valence-corrected chi connectivity index (χ2v) is 6.19. The molecule has 1 heterocycles. The molecule has 124 valence electrons. The van der Waals surface area contributed by atoms with Crippen LogP contribution in [0.3, 0.4) is 0 Å². The topological polar surface area (TPSA) is 79.3 Å². The summed E-state index contributed by atoms with van der Waals surface area (Å²) in [7, 11) is 0. The van der Waals surface area contributed by atoms with Crippen molar-refractivity contribution >= 4 is 11.9 Å². The average Bonchev–Trinajstić information content (AvgIpc) is 2.63. The molecule has 0 aliphatic heterocycles. The highest BCUT2D eigenvalue weighted by molar-refractivity contribution is 5.95. The van der Waals surface area contributed by atoms with Crippen LogP contribution in [0.5, 0.6) is 0 Å². The first kappa shape index (κ1) is 16.2. The Morgan fingerprint density at radius 2 is 1.71 bits per heavy atom. The number of aromatic nitrogens is 1. The van der Waals surface area contributed by atoms with E-state index < -0.39 is 5.97 Å². The highest BCUT2D eigenvalue weighted by atomic mass is 16.4. The fourth-order valence-electron chi connectivity index (χ4n) is 3.11. The number of carboxylic acids is 1. The van der Waals surface area contributed by atoms with Gasteiger partial charge in [0, 0.05) is 24.0 Å². The highest BCUT2D eigenvalue weighted by Crippen LogP contribution is 2.25. The molecule has 1 aliphatic rings. The summed E-state index contributed by atoms with van der Waals surface area (Å²) in [5, 5.41) is 12.0. The number of hydrogen-bond donors (Lipinski definition) is 2. The Kier molecular flexibility index (Phi) is 4.89. The summed E-state index contributed by atoms with van der Waals surface area (Å²) < 4.78 is 0. The van der Waals surface area contributed by atoms with Gasteiger partial charge in [0.1, 0.15) is 0 Å². The van der Waals surface area contributed by atoms with Crippen molar-refractivity contribution in [3.8, 4) is 11.1 Å². The second-order valence-electron chi connectivity index (χ2n) is 6.19. The van der Waals surface area contributed by atoms with Crippen molar-refractivity contribution < 1.29 is 14.7 Å². The van der Waals surface area contributed by atoms with E-state index in [0.717, 1.165) is 11.1 Å². The van der Waals surface area contributed by atoms with Crippen molar-refractivity contribution in [2.45, 2.75) is 31.7 Å². The Hall–Kier alpha value is -2.69. The zero-order chi connectivity index (χ0) is 16.9. The van der Waals surface area contributed by atoms with Crippen molar-refractivity contribution in [3.63, 3.8) is 0 Å². The average molecular weight is 324 g/mol. The van der Waals surface area contributed by atoms with Gasteiger partial charge in [0.05, 0.1) is 11.5 Å². The summed E-state index contributed by atoms with van der Waals surface area (Å²) in [4.78, 5) is 27.6. The third kappa shape index (κ3) is 3.79. The molecular formula is C19H20N2O3. The van der Waals surface area contributed by atoms with Crippen LogP contribution in [0, 0.1) is 5.92 Å². The maximum atomic E-state index is 12.4. The van der Waals surface area contributed by atoms with Gasteiger partial charge < -0.3 is 10.4 Å². The van der Waals surface area contributed by atoms with Gasteiger partial charge in [0.15, 0.2) is 0 Å². The van der Waals surface area contributed by atoms with E-state index in [2.05, 4.69) is 10.3 Å². The minimum Gasteiger partial charge on any atom is -0.481 e. The van der Waals surface area contributed by atoms with E-state index in [0.29, 0.717) is 31.2 Å². The Morgan fingerprint density at radius 3 is 2.38 bits per heavy atom. The van der Waals surface area contributed by atoms with E-state index in [9.17, 15) is 9.59 Å². The van der Waals surface area contributed by atoms with Crippen LogP contribution in [-0.4, -0.2) is 28.0 Å². The number of carbonyl (C=O) groups excluding carboxylic acids is 1. The standard InChI is InChI=1S/C19H20N2O3/c22-18(21-17-8-6-14(7-9-17)19(23)24)16-10-15(11-20-12-16)13-4-2-1-3-5-13/h1-5,10-12,14,17H,6-9H2,(H,21,22)(H,23,24). The smallest absolute Gasteiger partial charge is 0.306 e. The molecule has 1 saturated carbocycles. The van der Waals surface area contributed by atoms with Crippen molar-refractivity contribution in [3.05, 3.63) is 54.4 Å². The number of aliphatic carboxylic acids is 1. The lowest BCUT2D eigenvalue weighted by atomic mass is 9.86. The minimum atomic E-state index is -0.737. The monoisotopic (exact) mass is 324 g/mol. The van der Waals surface area contributed by atoms with Crippen LogP contribution in [0.2, 0.25) is 0 Å². The SMILES string of the molecule is O=C(NC1CCC(C(=O)O)CC1)c1cncc(-c2ccccc2)c1. The molecule has 1 aliphatic carbocycles. The molecule has 2 N–H and O–H groups in total. The fraction of sp³-hybridized carbons (Fsp3) is 0.316. The largest absolute Gasteiger partial charge is 0.481 e. The van der Waals surface area contributed by atoms with Crippen molar-refractivity contribution in [2.75, 3.05) is 0 Å². The lowest BCUT2D eigenvalue weighted by Crippen LogP contribution is -2.38. The van der Waals surface area contributed by atoms with Gasteiger partial charge in [0.25, 0.3) is 5.91 Å². The highest BCUT2D eigenvalue weighted by Gasteiger charge is 2.26. The Bertz CT molecular complexity index is 722. The maximum Gasteiger partial charge on any atom is 0.306 e. The predicted molar refractivity (Wildman–Crippen MR) is 90.5 cm³/mol. The fourth-order valence-corrected chi connectivity index (χ4v) is 3.11. The van der Waals surface area contributed by atoms with Crippen molar-refractivity contribution in [2.24, 2.45) is 5.92 Å². The Labute approximate surface area is 140 Å². The van der Waals surface area contributed by atoms with Crippen LogP contribution in [0.25, 0.3) is 11.1 Å². The predicted octanol–water partition coefficient (Wildman–Crippen LogP) is 3.12. The maximum absolute atomic E-state index is 12.4. The van der Waals surface area contributed by atoms with Gasteiger partial charge in [-0.2, -0.15) is 0 Å². The molecule has 0 bridgehead atoms. The van der Waals surface area contributed by atoms with Crippen LogP contribution in [0.1, 0.15) is 36.0 Å². The number of nitrogens with zero attached hydrogens (tertiary/aromatic N) is 1. The number of benzene rings is 1. The van der Waals surface area contributed by atoms with Gasteiger partial charge >= 0.3 is 5.97 Å². The van der Waals surface area contributed by atoms with Gasteiger partial charge in [-0.3, -0.25) is 14.6 Å². The molecule has 0 radical (unpaired) electrons. The molecular weight excluding hydrogens is 304 g/mol. The lowest BCUT2D eigenvalue weighted by molar-refractivity contribution is -0.142. The number of carbonyl (C=O) groups is 2. The molecule has 5 heteroatoms. The van der Waals surface area contributed by atoms with Crippen LogP contribution in [0.15, 0.2) is 48.8 Å². The molecule has 1 aromatic heterocycles. The van der Waals surface area contributed by atoms with Crippen LogP contribution in [0.4, 0.5) is 0 Å². The van der Waals surface area contributed by atoms with E-state index in [1.807, 2.05) is 36.4 Å². The summed E-state index contributed by atoms with van der Waals surface area (Å²) >= 11 is 0. The third-order valence-electron chi connectivity index (χ3n) is 4.52. The molecule has 1 aromatic carbocycles. The van der Waals surface area contributed by atoms with E-state index in [4.69, 9.17) is 5.11 Å². The molecule has 0 saturated heterocycles. The molecule has 1 amide bonds. The molecule has 5 nitrogen and oxygen atoms in total. The van der Waals surface area contributed by atoms with E-state index in [1.165, 1.54) is 0 Å². The van der Waals surface area contributed by atoms with Crippen LogP contribution in [-0.2, 0) is 4.79 Å². The molecule has 1 fully saturated rings. The number of carboxylic acid groups (broad SMARTS) is 1. The van der Waals surface area contributed by atoms with E-state index >= 15 is 0 Å². The summed E-state index contributed by atoms with van der Waals surface area (Å²) in [5.74, 6) is -1.17. The summed E-state index contributed by atoms with van der Waals surface area (Å²) in [6.45, 7) is 0. The number of nitrogens with one attached hydrogen (secondary N) is 1. The summed E-state index contributed by atoms with van der Waals surface area (Å²) in [6.07, 6.45) is 5.93. The van der Waals surface area contributed by atoms with Crippen LogP contribution >= 0.6 is 0 Å². The van der Waals surface area contributed by atoms with E-state index in [-0.39, 0.29) is 17.9 Å². The van der Waals surface area contributed by atoms with Gasteiger partial charge in [-0.15, -0.1) is 0 Å². The first-order valence-corrected chi connectivity index (χ1v) is 8.17. The van der Waals surface area contributed by atoms with Crippen molar-refractivity contribution in [1.29, 1.82) is 0 Å². The van der Waals surface area contributed by atoms with Gasteiger partial charge in [-0.25, -0.2) is 0 Å². The van der Waals surface area contributed by atoms with E-state index in [1.54, 1.807) is 12.4 Å². The first-order chi connectivity index (χ1) is 11.6.